The number of fused-ring (bicyclic) bond motifs is 3. The molecule has 0 fully saturated rings. The number of Topliss-reactive ketones (excluding diaryl/α,β-unsaturated/α-hetero) is 1. The Labute approximate surface area is 317 Å². The van der Waals surface area contributed by atoms with Crippen molar-refractivity contribution >= 4 is 35.8 Å². The number of amides is 2. The Kier molecular flexibility index (Phi) is 15.3. The lowest BCUT2D eigenvalue weighted by Gasteiger charge is -2.41. The van der Waals surface area contributed by atoms with Gasteiger partial charge in [0.05, 0.1) is 23.3 Å². The predicted molar refractivity (Wildman–Crippen MR) is 198 cm³/mol. The van der Waals surface area contributed by atoms with Crippen molar-refractivity contribution in [2.45, 2.75) is 65.6 Å². The molecule has 4 atom stereocenters. The number of halogens is 3. The number of carboxylic acids is 2. The highest BCUT2D eigenvalue weighted by Gasteiger charge is 2.54. The van der Waals surface area contributed by atoms with E-state index in [2.05, 4.69) is 15.7 Å². The van der Waals surface area contributed by atoms with Gasteiger partial charge in [0.1, 0.15) is 6.61 Å². The average molecular weight is 769 g/mol. The summed E-state index contributed by atoms with van der Waals surface area (Å²) in [7, 11) is 0. The Hall–Kier alpha value is -5.57. The number of ketones is 1. The predicted octanol–water partition coefficient (Wildman–Crippen LogP) is 6.61. The summed E-state index contributed by atoms with van der Waals surface area (Å²) in [5.41, 5.74) is 5.31. The molecule has 1 aliphatic carbocycles. The van der Waals surface area contributed by atoms with E-state index in [0.717, 1.165) is 22.3 Å². The van der Waals surface area contributed by atoms with Gasteiger partial charge in [-0.25, -0.2) is 15.4 Å². The van der Waals surface area contributed by atoms with Gasteiger partial charge in [0.15, 0.2) is 5.78 Å². The number of nitrogens with two attached hydrogens (primary N) is 1. The lowest BCUT2D eigenvalue weighted by molar-refractivity contribution is -0.192. The molecule has 0 saturated heterocycles. The number of aliphatic carboxylic acids is 2. The van der Waals surface area contributed by atoms with Crippen LogP contribution in [0.1, 0.15) is 70.1 Å². The molecule has 1 heterocycles. The Morgan fingerprint density at radius 3 is 1.91 bits per heavy atom. The second kappa shape index (κ2) is 19.1. The van der Waals surface area contributed by atoms with E-state index in [-0.39, 0.29) is 37.2 Å². The molecule has 55 heavy (non-hydrogen) atoms. The summed E-state index contributed by atoms with van der Waals surface area (Å²) in [6, 6.07) is 18.3. The first kappa shape index (κ1) is 43.8. The van der Waals surface area contributed by atoms with Crippen molar-refractivity contribution in [2.24, 2.45) is 34.9 Å². The summed E-state index contributed by atoms with van der Waals surface area (Å²) in [5.74, 6) is -2.82. The second-order valence-corrected chi connectivity index (χ2v) is 14.2. The third-order valence-corrected chi connectivity index (χ3v) is 9.20. The standard InChI is InChI=1S/C38H46N4O6.C2HF3O2/c1-23(2)19-31(35(44)42-39)33(36(45)46)38(20-24(3)4,17-16-26-11-10-18-40-21-26)34(43)25(5)41-37(47)48-22-32-29-14-8-6-12-27(29)28-13-7-9-15-30(28)32;3-2(4,5)1(6)7/h6-18,21,23-25,31-33H,19-20,22,39H2,1-5H3,(H,41,47)(H,42,44)(H,45,46);(H,6,7)/t25-,31-,33-,38?;/m1./s1. The number of carboxylic acid groups (broad SMARTS) is 2. The van der Waals surface area contributed by atoms with Crippen molar-refractivity contribution in [3.05, 3.63) is 95.8 Å². The first-order chi connectivity index (χ1) is 25.8. The fourth-order valence-corrected chi connectivity index (χ4v) is 7.08. The minimum Gasteiger partial charge on any atom is -0.481 e. The SMILES string of the molecule is CC(C)C[C@@H](C(=O)NN)[C@H](C(=O)O)C(C=Cc1cccnc1)(CC(C)C)C(=O)[C@@H](C)NC(=O)OCC1c2ccccc2-c2ccccc21.O=C(O)C(F)(F)F. The number of hydrogen-bond acceptors (Lipinski definition) is 8. The van der Waals surface area contributed by atoms with Crippen LogP contribution in [0.4, 0.5) is 18.0 Å². The highest BCUT2D eigenvalue weighted by atomic mass is 19.4. The Balaban J connectivity index is 0.00000106. The van der Waals surface area contributed by atoms with Gasteiger partial charge in [0, 0.05) is 18.3 Å². The minimum atomic E-state index is -5.08. The summed E-state index contributed by atoms with van der Waals surface area (Å²) < 4.78 is 37.5. The first-order valence-electron chi connectivity index (χ1n) is 17.6. The van der Waals surface area contributed by atoms with Crippen LogP contribution in [0.25, 0.3) is 17.2 Å². The number of alkyl halides is 3. The summed E-state index contributed by atoms with van der Waals surface area (Å²) in [6.45, 7) is 9.05. The van der Waals surface area contributed by atoms with Crippen LogP contribution >= 0.6 is 0 Å². The van der Waals surface area contributed by atoms with Crippen LogP contribution in [0.2, 0.25) is 0 Å². The number of rotatable bonds is 15. The maximum absolute atomic E-state index is 14.7. The zero-order valence-electron chi connectivity index (χ0n) is 31.2. The maximum atomic E-state index is 14.7. The molecule has 6 N–H and O–H groups in total. The Bertz CT molecular complexity index is 1810. The molecule has 12 nitrogen and oxygen atoms in total. The molecule has 0 bridgehead atoms. The quantitative estimate of drug-likeness (QED) is 0.0637. The van der Waals surface area contributed by atoms with E-state index >= 15 is 0 Å². The number of nitrogens with zero attached hydrogens (tertiary/aromatic N) is 1. The van der Waals surface area contributed by atoms with Crippen LogP contribution in [0.5, 0.6) is 0 Å². The Morgan fingerprint density at radius 2 is 1.45 bits per heavy atom. The van der Waals surface area contributed by atoms with Crippen LogP contribution in [-0.4, -0.2) is 63.7 Å². The number of nitrogens with one attached hydrogen (secondary N) is 2. The molecule has 0 aliphatic heterocycles. The molecule has 1 aliphatic rings. The van der Waals surface area contributed by atoms with E-state index in [1.807, 2.05) is 76.2 Å². The van der Waals surface area contributed by atoms with Crippen LogP contribution < -0.4 is 16.6 Å². The molecule has 1 unspecified atom stereocenters. The van der Waals surface area contributed by atoms with E-state index < -0.39 is 59.2 Å². The van der Waals surface area contributed by atoms with Gasteiger partial charge in [-0.2, -0.15) is 13.2 Å². The van der Waals surface area contributed by atoms with E-state index in [1.54, 1.807) is 36.7 Å². The van der Waals surface area contributed by atoms with Crippen molar-refractivity contribution in [2.75, 3.05) is 6.61 Å². The highest BCUT2D eigenvalue weighted by Crippen LogP contribution is 2.46. The summed E-state index contributed by atoms with van der Waals surface area (Å²) in [6.07, 6.45) is 0.777. The number of aromatic nitrogens is 1. The fraction of sp³-hybridized carbons (Fsp3) is 0.400. The lowest BCUT2D eigenvalue weighted by Crippen LogP contribution is -2.55. The van der Waals surface area contributed by atoms with Gasteiger partial charge in [0.25, 0.3) is 0 Å². The minimum absolute atomic E-state index is 0.0453. The fourth-order valence-electron chi connectivity index (χ4n) is 7.08. The van der Waals surface area contributed by atoms with Crippen LogP contribution in [0, 0.1) is 29.1 Å². The van der Waals surface area contributed by atoms with Crippen molar-refractivity contribution < 1.29 is 52.1 Å². The van der Waals surface area contributed by atoms with E-state index in [0.29, 0.717) is 5.56 Å². The average Bonchev–Trinajstić information content (AvgIpc) is 3.45. The Morgan fingerprint density at radius 1 is 0.891 bits per heavy atom. The highest BCUT2D eigenvalue weighted by molar-refractivity contribution is 5.99. The topological polar surface area (TPSA) is 198 Å². The van der Waals surface area contributed by atoms with E-state index in [4.69, 9.17) is 20.5 Å². The molecule has 296 valence electrons. The monoisotopic (exact) mass is 768 g/mol. The van der Waals surface area contributed by atoms with Crippen molar-refractivity contribution in [3.63, 3.8) is 0 Å². The zero-order valence-corrected chi connectivity index (χ0v) is 31.2. The van der Waals surface area contributed by atoms with E-state index in [9.17, 15) is 37.5 Å². The normalized spacial score (nSPS) is 15.1. The second-order valence-electron chi connectivity index (χ2n) is 14.2. The van der Waals surface area contributed by atoms with Gasteiger partial charge in [-0.15, -0.1) is 0 Å². The summed E-state index contributed by atoms with van der Waals surface area (Å²) in [4.78, 5) is 67.5. The number of benzene rings is 2. The van der Waals surface area contributed by atoms with Crippen LogP contribution in [-0.2, 0) is 23.9 Å². The molecule has 0 saturated carbocycles. The molecule has 4 rings (SSSR count). The summed E-state index contributed by atoms with van der Waals surface area (Å²) >= 11 is 0. The van der Waals surface area contributed by atoms with Gasteiger partial charge in [-0.1, -0.05) is 94.4 Å². The molecule has 0 spiro atoms. The van der Waals surface area contributed by atoms with Gasteiger partial charge in [-0.05, 0) is 65.5 Å². The number of allylic oxidation sites excluding steroid dienone is 1. The molecule has 1 aromatic heterocycles. The molecule has 2 aromatic carbocycles. The third-order valence-electron chi connectivity index (χ3n) is 9.20. The molecule has 15 heteroatoms. The van der Waals surface area contributed by atoms with Gasteiger partial charge in [-0.3, -0.25) is 24.8 Å². The zero-order chi connectivity index (χ0) is 41.1. The number of ether oxygens (including phenoxy) is 1. The first-order valence-corrected chi connectivity index (χ1v) is 17.6. The number of alkyl carbamates (subject to hydrolysis) is 1. The van der Waals surface area contributed by atoms with Crippen LogP contribution in [0.3, 0.4) is 0 Å². The van der Waals surface area contributed by atoms with Crippen molar-refractivity contribution in [1.82, 2.24) is 15.7 Å². The largest absolute Gasteiger partial charge is 0.490 e. The lowest BCUT2D eigenvalue weighted by atomic mass is 9.60. The van der Waals surface area contributed by atoms with Crippen LogP contribution in [0.15, 0.2) is 79.1 Å². The number of carbonyl (C=O) groups excluding carboxylic acids is 3. The summed E-state index contributed by atoms with van der Waals surface area (Å²) in [5, 5.41) is 20.6. The molecule has 3 aromatic rings. The molecular formula is C40H47F3N4O8. The number of hydrogen-bond donors (Lipinski definition) is 5. The van der Waals surface area contributed by atoms with Gasteiger partial charge >= 0.3 is 24.2 Å². The van der Waals surface area contributed by atoms with Gasteiger partial charge in [0.2, 0.25) is 5.91 Å². The van der Waals surface area contributed by atoms with Gasteiger partial charge < -0.3 is 20.3 Å². The number of carbonyl (C=O) groups is 5. The van der Waals surface area contributed by atoms with E-state index in [1.165, 1.54) is 6.92 Å². The van der Waals surface area contributed by atoms with Crippen molar-refractivity contribution in [1.29, 1.82) is 0 Å². The number of pyridine rings is 1. The number of hydrazine groups is 1. The molecular weight excluding hydrogens is 721 g/mol. The molecule has 2 amide bonds. The van der Waals surface area contributed by atoms with Crippen molar-refractivity contribution in [3.8, 4) is 11.1 Å². The molecule has 0 radical (unpaired) electrons. The third kappa shape index (κ3) is 11.2. The maximum Gasteiger partial charge on any atom is 0.490 e. The smallest absolute Gasteiger partial charge is 0.481 e.